The fourth-order valence-electron chi connectivity index (χ4n) is 1.73. The minimum Gasteiger partial charge on any atom is -0.380 e. The first-order chi connectivity index (χ1) is 6.74. The van der Waals surface area contributed by atoms with E-state index in [2.05, 4.69) is 4.98 Å². The van der Waals surface area contributed by atoms with Gasteiger partial charge in [-0.25, -0.2) is 4.98 Å². The third-order valence-corrected chi connectivity index (χ3v) is 3.49. The third-order valence-electron chi connectivity index (χ3n) is 2.58. The van der Waals surface area contributed by atoms with Crippen molar-refractivity contribution in [2.75, 3.05) is 13.2 Å². The number of aromatic nitrogens is 1. The monoisotopic (exact) mass is 211 g/mol. The first kappa shape index (κ1) is 9.80. The molecule has 1 unspecified atom stereocenters. The molecule has 3 nitrogen and oxygen atoms in total. The van der Waals surface area contributed by atoms with Gasteiger partial charge in [0, 0.05) is 17.7 Å². The number of aryl methyl sites for hydroxylation is 1. The summed E-state index contributed by atoms with van der Waals surface area (Å²) in [5.74, 6) is 0. The fraction of sp³-hybridized carbons (Fsp3) is 0.600. The minimum absolute atomic E-state index is 0.279. The Morgan fingerprint density at radius 2 is 2.64 bits per heavy atom. The Bertz CT molecular complexity index is 329. The van der Waals surface area contributed by atoms with Crippen LogP contribution in [0.5, 0.6) is 0 Å². The Morgan fingerprint density at radius 1 is 1.79 bits per heavy atom. The minimum atomic E-state index is -0.279. The molecule has 1 aliphatic heterocycles. The van der Waals surface area contributed by atoms with Gasteiger partial charge in [0.15, 0.2) is 0 Å². The van der Waals surface area contributed by atoms with Gasteiger partial charge in [0.05, 0.1) is 17.0 Å². The molecule has 76 valence electrons. The number of aldehydes is 1. The number of carbonyl (C=O) groups excluding carboxylic acids is 1. The summed E-state index contributed by atoms with van der Waals surface area (Å²) in [4.78, 5) is 16.4. The highest BCUT2D eigenvalue weighted by molar-refractivity contribution is 7.11. The van der Waals surface area contributed by atoms with Gasteiger partial charge in [-0.05, 0) is 19.8 Å². The lowest BCUT2D eigenvalue weighted by atomic mass is 9.85. The molecule has 1 aromatic heterocycles. The average molecular weight is 211 g/mol. The Kier molecular flexibility index (Phi) is 2.65. The van der Waals surface area contributed by atoms with Crippen LogP contribution in [0.3, 0.4) is 0 Å². The highest BCUT2D eigenvalue weighted by atomic mass is 32.1. The van der Waals surface area contributed by atoms with E-state index in [1.807, 2.05) is 13.1 Å². The quantitative estimate of drug-likeness (QED) is 0.713. The molecule has 0 aromatic carbocycles. The Morgan fingerprint density at radius 3 is 3.14 bits per heavy atom. The number of hydrogen-bond acceptors (Lipinski definition) is 4. The van der Waals surface area contributed by atoms with Crippen molar-refractivity contribution in [3.8, 4) is 0 Å². The molecule has 1 atom stereocenters. The van der Waals surface area contributed by atoms with Crippen LogP contribution in [0.4, 0.5) is 0 Å². The molecule has 0 saturated carbocycles. The summed E-state index contributed by atoms with van der Waals surface area (Å²) in [6.45, 7) is 3.25. The van der Waals surface area contributed by atoms with E-state index in [9.17, 15) is 4.79 Å². The zero-order chi connectivity index (χ0) is 10.0. The number of ether oxygens (including phenoxy) is 1. The predicted molar refractivity (Wildman–Crippen MR) is 54.5 cm³/mol. The van der Waals surface area contributed by atoms with Crippen LogP contribution in [0.15, 0.2) is 6.20 Å². The van der Waals surface area contributed by atoms with Crippen molar-refractivity contribution in [2.24, 2.45) is 5.41 Å². The Balaban J connectivity index is 2.11. The molecule has 2 rings (SSSR count). The van der Waals surface area contributed by atoms with Crippen LogP contribution >= 0.6 is 11.3 Å². The summed E-state index contributed by atoms with van der Waals surface area (Å²) in [5.41, 5.74) is -0.279. The molecular formula is C10H13NO2S. The van der Waals surface area contributed by atoms with Crippen molar-refractivity contribution < 1.29 is 9.53 Å². The average Bonchev–Trinajstić information content (AvgIpc) is 2.77. The smallest absolute Gasteiger partial charge is 0.128 e. The maximum absolute atomic E-state index is 11.0. The molecule has 0 spiro atoms. The maximum Gasteiger partial charge on any atom is 0.128 e. The molecule has 4 heteroatoms. The van der Waals surface area contributed by atoms with Crippen LogP contribution in [-0.4, -0.2) is 24.5 Å². The summed E-state index contributed by atoms with van der Waals surface area (Å²) < 4.78 is 5.28. The van der Waals surface area contributed by atoms with E-state index in [4.69, 9.17) is 4.74 Å². The molecule has 1 aromatic rings. The summed E-state index contributed by atoms with van der Waals surface area (Å²) in [6, 6.07) is 0. The molecular weight excluding hydrogens is 198 g/mol. The van der Waals surface area contributed by atoms with E-state index in [0.717, 1.165) is 24.1 Å². The fourth-order valence-corrected chi connectivity index (χ4v) is 2.68. The molecule has 1 aliphatic rings. The summed E-state index contributed by atoms with van der Waals surface area (Å²) in [6.07, 6.45) is 4.54. The second-order valence-electron chi connectivity index (χ2n) is 3.81. The number of nitrogens with zero attached hydrogens (tertiary/aromatic N) is 1. The number of rotatable bonds is 3. The largest absolute Gasteiger partial charge is 0.380 e. The molecule has 0 radical (unpaired) electrons. The predicted octanol–water partition coefficient (Wildman–Crippen LogP) is 1.60. The van der Waals surface area contributed by atoms with Gasteiger partial charge in [0.1, 0.15) is 6.29 Å². The lowest BCUT2D eigenvalue weighted by Gasteiger charge is -2.17. The number of hydrogen-bond donors (Lipinski definition) is 0. The molecule has 14 heavy (non-hydrogen) atoms. The Labute approximate surface area is 87.1 Å². The second-order valence-corrected chi connectivity index (χ2v) is 5.12. The third kappa shape index (κ3) is 1.86. The van der Waals surface area contributed by atoms with Crippen molar-refractivity contribution in [2.45, 2.75) is 19.8 Å². The van der Waals surface area contributed by atoms with Gasteiger partial charge in [-0.3, -0.25) is 0 Å². The van der Waals surface area contributed by atoms with Gasteiger partial charge in [-0.15, -0.1) is 11.3 Å². The van der Waals surface area contributed by atoms with Crippen molar-refractivity contribution in [3.05, 3.63) is 16.1 Å². The van der Waals surface area contributed by atoms with Crippen LogP contribution in [0.1, 0.15) is 16.3 Å². The normalized spacial score (nSPS) is 26.6. The van der Waals surface area contributed by atoms with Gasteiger partial charge in [0.2, 0.25) is 0 Å². The summed E-state index contributed by atoms with van der Waals surface area (Å²) >= 11 is 1.66. The highest BCUT2D eigenvalue weighted by Gasteiger charge is 2.35. The van der Waals surface area contributed by atoms with Gasteiger partial charge in [-0.1, -0.05) is 0 Å². The zero-order valence-corrected chi connectivity index (χ0v) is 8.97. The van der Waals surface area contributed by atoms with E-state index >= 15 is 0 Å². The lowest BCUT2D eigenvalue weighted by molar-refractivity contribution is -0.116. The molecule has 0 N–H and O–H groups in total. The Hall–Kier alpha value is -0.740. The molecule has 2 heterocycles. The van der Waals surface area contributed by atoms with E-state index in [0.29, 0.717) is 13.2 Å². The number of thiazole rings is 1. The molecule has 0 bridgehead atoms. The summed E-state index contributed by atoms with van der Waals surface area (Å²) in [5, 5.41) is 1.06. The molecule has 1 saturated heterocycles. The number of carbonyl (C=O) groups is 1. The van der Waals surface area contributed by atoms with E-state index in [-0.39, 0.29) is 5.41 Å². The van der Waals surface area contributed by atoms with E-state index in [1.54, 1.807) is 11.3 Å². The van der Waals surface area contributed by atoms with E-state index < -0.39 is 0 Å². The first-order valence-electron chi connectivity index (χ1n) is 4.69. The van der Waals surface area contributed by atoms with Crippen molar-refractivity contribution in [1.82, 2.24) is 4.98 Å². The highest BCUT2D eigenvalue weighted by Crippen LogP contribution is 2.32. The SMILES string of the molecule is Cc1ncc(CC2(C=O)CCOC2)s1. The standard InChI is InChI=1S/C10H13NO2S/c1-8-11-5-9(14-8)4-10(6-12)2-3-13-7-10/h5-6H,2-4,7H2,1H3. The van der Waals surface area contributed by atoms with Crippen LogP contribution in [0.2, 0.25) is 0 Å². The zero-order valence-electron chi connectivity index (χ0n) is 8.16. The van der Waals surface area contributed by atoms with Gasteiger partial charge in [-0.2, -0.15) is 0 Å². The molecule has 0 aliphatic carbocycles. The van der Waals surface area contributed by atoms with E-state index in [1.165, 1.54) is 4.88 Å². The topological polar surface area (TPSA) is 39.2 Å². The van der Waals surface area contributed by atoms with Crippen molar-refractivity contribution >= 4 is 17.6 Å². The van der Waals surface area contributed by atoms with Crippen molar-refractivity contribution in [1.29, 1.82) is 0 Å². The van der Waals surface area contributed by atoms with Crippen LogP contribution in [-0.2, 0) is 16.0 Å². The lowest BCUT2D eigenvalue weighted by Crippen LogP contribution is -2.25. The van der Waals surface area contributed by atoms with Crippen LogP contribution in [0, 0.1) is 12.3 Å². The van der Waals surface area contributed by atoms with Gasteiger partial charge >= 0.3 is 0 Å². The second kappa shape index (κ2) is 3.79. The maximum atomic E-state index is 11.0. The van der Waals surface area contributed by atoms with Crippen LogP contribution < -0.4 is 0 Å². The van der Waals surface area contributed by atoms with Gasteiger partial charge < -0.3 is 9.53 Å². The van der Waals surface area contributed by atoms with Crippen LogP contribution in [0.25, 0.3) is 0 Å². The molecule has 0 amide bonds. The first-order valence-corrected chi connectivity index (χ1v) is 5.51. The molecule has 1 fully saturated rings. The van der Waals surface area contributed by atoms with Gasteiger partial charge in [0.25, 0.3) is 0 Å². The summed E-state index contributed by atoms with van der Waals surface area (Å²) in [7, 11) is 0. The van der Waals surface area contributed by atoms with Crippen molar-refractivity contribution in [3.63, 3.8) is 0 Å².